The highest BCUT2D eigenvalue weighted by molar-refractivity contribution is 7.89. The van der Waals surface area contributed by atoms with Crippen molar-refractivity contribution in [3.05, 3.63) is 59.2 Å². The Morgan fingerprint density at radius 2 is 1.55 bits per heavy atom. The van der Waals surface area contributed by atoms with Gasteiger partial charge in [-0.05, 0) is 50.2 Å². The molecule has 0 saturated carbocycles. The van der Waals surface area contributed by atoms with Crippen LogP contribution in [-0.2, 0) is 14.8 Å². The van der Waals surface area contributed by atoms with E-state index in [9.17, 15) is 18.0 Å². The smallest absolute Gasteiger partial charge is 0.253 e. The lowest BCUT2D eigenvalue weighted by atomic mass is 10.1. The summed E-state index contributed by atoms with van der Waals surface area (Å²) < 4.78 is 22.6. The monoisotopic (exact) mass is 444 g/mol. The first-order valence-corrected chi connectivity index (χ1v) is 11.7. The molecule has 166 valence electrons. The number of sulfonamides is 1. The largest absolute Gasteiger partial charge is 0.336 e. The molecular formula is C22H28N4O4S. The van der Waals surface area contributed by atoms with E-state index in [-0.39, 0.29) is 16.7 Å². The molecule has 2 amide bonds. The van der Waals surface area contributed by atoms with Crippen molar-refractivity contribution in [1.82, 2.24) is 9.80 Å². The summed E-state index contributed by atoms with van der Waals surface area (Å²) in [5.74, 6) is -0.107. The molecule has 9 heteroatoms. The molecule has 2 aromatic carbocycles. The average Bonchev–Trinajstić information content (AvgIpc) is 2.71. The minimum Gasteiger partial charge on any atom is -0.336 e. The zero-order chi connectivity index (χ0) is 22.6. The van der Waals surface area contributed by atoms with E-state index in [1.165, 1.54) is 24.3 Å². The number of anilines is 1. The van der Waals surface area contributed by atoms with Crippen molar-refractivity contribution in [1.29, 1.82) is 0 Å². The number of nitrogens with one attached hydrogen (secondary N) is 1. The van der Waals surface area contributed by atoms with Crippen molar-refractivity contribution in [2.45, 2.75) is 25.2 Å². The number of nitrogens with zero attached hydrogens (tertiary/aromatic N) is 2. The molecule has 8 nitrogen and oxygen atoms in total. The number of rotatable bonds is 6. The molecule has 3 rings (SSSR count). The molecule has 31 heavy (non-hydrogen) atoms. The molecule has 0 spiro atoms. The quantitative estimate of drug-likeness (QED) is 0.705. The Bertz CT molecular complexity index is 1040. The van der Waals surface area contributed by atoms with Gasteiger partial charge in [0, 0.05) is 50.4 Å². The van der Waals surface area contributed by atoms with Gasteiger partial charge in [0.1, 0.15) is 0 Å². The highest BCUT2D eigenvalue weighted by Gasteiger charge is 2.22. The number of amides is 2. The first-order valence-electron chi connectivity index (χ1n) is 10.1. The molecule has 1 heterocycles. The summed E-state index contributed by atoms with van der Waals surface area (Å²) in [6.45, 7) is 7.25. The fraction of sp³-hybridized carbons (Fsp3) is 0.364. The highest BCUT2D eigenvalue weighted by atomic mass is 32.2. The fourth-order valence-corrected chi connectivity index (χ4v) is 4.18. The molecule has 1 aliphatic heterocycles. The zero-order valence-electron chi connectivity index (χ0n) is 17.8. The zero-order valence-corrected chi connectivity index (χ0v) is 18.6. The normalized spacial score (nSPS) is 15.0. The van der Waals surface area contributed by atoms with Crippen LogP contribution in [0.3, 0.4) is 0 Å². The van der Waals surface area contributed by atoms with Crippen LogP contribution in [0.2, 0.25) is 0 Å². The van der Waals surface area contributed by atoms with Gasteiger partial charge in [-0.3, -0.25) is 14.5 Å². The van der Waals surface area contributed by atoms with E-state index in [0.29, 0.717) is 44.8 Å². The van der Waals surface area contributed by atoms with Gasteiger partial charge in [0.15, 0.2) is 0 Å². The van der Waals surface area contributed by atoms with Crippen molar-refractivity contribution < 1.29 is 18.0 Å². The highest BCUT2D eigenvalue weighted by Crippen LogP contribution is 2.15. The maximum atomic E-state index is 12.8. The van der Waals surface area contributed by atoms with E-state index in [4.69, 9.17) is 5.14 Å². The Morgan fingerprint density at radius 1 is 0.968 bits per heavy atom. The number of benzene rings is 2. The third-order valence-corrected chi connectivity index (χ3v) is 6.18. The molecule has 0 unspecified atom stereocenters. The third kappa shape index (κ3) is 6.36. The van der Waals surface area contributed by atoms with Gasteiger partial charge in [-0.25, -0.2) is 13.6 Å². The lowest BCUT2D eigenvalue weighted by molar-refractivity contribution is -0.116. The molecule has 1 saturated heterocycles. The molecule has 1 fully saturated rings. The maximum absolute atomic E-state index is 12.8. The second kappa shape index (κ2) is 9.59. The molecular weight excluding hydrogens is 416 g/mol. The molecule has 0 atom stereocenters. The van der Waals surface area contributed by atoms with Crippen LogP contribution in [0.4, 0.5) is 5.69 Å². The van der Waals surface area contributed by atoms with Crippen LogP contribution < -0.4 is 10.5 Å². The second-order valence-electron chi connectivity index (χ2n) is 7.88. The summed E-state index contributed by atoms with van der Waals surface area (Å²) in [6.07, 6.45) is 0.308. The Kier molecular flexibility index (Phi) is 7.09. The van der Waals surface area contributed by atoms with Gasteiger partial charge < -0.3 is 10.2 Å². The standard InChI is InChI=1S/C22H28N4O4S/c1-16-13-17(2)15-18(14-16)22(28)26-11-9-25(10-12-26)8-7-21(27)24-19-3-5-20(6-4-19)31(23,29)30/h3-6,13-15H,7-12H2,1-2H3,(H,24,27)(H2,23,29,30). The lowest BCUT2D eigenvalue weighted by Gasteiger charge is -2.34. The third-order valence-electron chi connectivity index (χ3n) is 5.25. The minimum atomic E-state index is -3.75. The van der Waals surface area contributed by atoms with Gasteiger partial charge >= 0.3 is 0 Å². The van der Waals surface area contributed by atoms with Gasteiger partial charge in [-0.15, -0.1) is 0 Å². The summed E-state index contributed by atoms with van der Waals surface area (Å²) in [7, 11) is -3.75. The van der Waals surface area contributed by atoms with E-state index < -0.39 is 10.0 Å². The van der Waals surface area contributed by atoms with Gasteiger partial charge in [-0.1, -0.05) is 17.2 Å². The van der Waals surface area contributed by atoms with Crippen LogP contribution in [0.15, 0.2) is 47.4 Å². The Balaban J connectivity index is 1.44. The number of piperazine rings is 1. The molecule has 1 aliphatic rings. The van der Waals surface area contributed by atoms with Gasteiger partial charge in [0.25, 0.3) is 5.91 Å². The summed E-state index contributed by atoms with van der Waals surface area (Å²) in [5, 5.41) is 7.82. The average molecular weight is 445 g/mol. The molecule has 0 radical (unpaired) electrons. The van der Waals surface area contributed by atoms with Crippen LogP contribution in [-0.4, -0.2) is 62.8 Å². The van der Waals surface area contributed by atoms with E-state index >= 15 is 0 Å². The predicted octanol–water partition coefficient (Wildman–Crippen LogP) is 1.74. The van der Waals surface area contributed by atoms with Crippen molar-refractivity contribution in [2.24, 2.45) is 5.14 Å². The first-order chi connectivity index (χ1) is 14.6. The number of hydrogen-bond acceptors (Lipinski definition) is 5. The van der Waals surface area contributed by atoms with E-state index in [1.807, 2.05) is 36.9 Å². The number of primary sulfonamides is 1. The van der Waals surface area contributed by atoms with E-state index in [1.54, 1.807) is 0 Å². The van der Waals surface area contributed by atoms with Crippen LogP contribution in [0.25, 0.3) is 0 Å². The number of nitrogens with two attached hydrogens (primary N) is 1. The second-order valence-corrected chi connectivity index (χ2v) is 9.44. The summed E-state index contributed by atoms with van der Waals surface area (Å²) in [4.78, 5) is 29.0. The van der Waals surface area contributed by atoms with Crippen LogP contribution >= 0.6 is 0 Å². The summed E-state index contributed by atoms with van der Waals surface area (Å²) in [6, 6.07) is 11.6. The number of carbonyl (C=O) groups excluding carboxylic acids is 2. The van der Waals surface area contributed by atoms with Crippen molar-refractivity contribution in [2.75, 3.05) is 38.0 Å². The van der Waals surface area contributed by atoms with Crippen LogP contribution in [0.1, 0.15) is 27.9 Å². The van der Waals surface area contributed by atoms with Gasteiger partial charge in [0.2, 0.25) is 15.9 Å². The van der Waals surface area contributed by atoms with Crippen molar-refractivity contribution >= 4 is 27.5 Å². The molecule has 2 aromatic rings. The molecule has 0 aliphatic carbocycles. The number of carbonyl (C=O) groups is 2. The summed E-state index contributed by atoms with van der Waals surface area (Å²) >= 11 is 0. The van der Waals surface area contributed by atoms with Gasteiger partial charge in [-0.2, -0.15) is 0 Å². The van der Waals surface area contributed by atoms with Crippen molar-refractivity contribution in [3.8, 4) is 0 Å². The fourth-order valence-electron chi connectivity index (χ4n) is 3.67. The first kappa shape index (κ1) is 22.9. The molecule has 0 bridgehead atoms. The van der Waals surface area contributed by atoms with E-state index in [2.05, 4.69) is 10.2 Å². The molecule has 0 aromatic heterocycles. The van der Waals surface area contributed by atoms with E-state index in [0.717, 1.165) is 16.7 Å². The van der Waals surface area contributed by atoms with Crippen LogP contribution in [0, 0.1) is 13.8 Å². The summed E-state index contributed by atoms with van der Waals surface area (Å²) in [5.41, 5.74) is 3.39. The van der Waals surface area contributed by atoms with Crippen LogP contribution in [0.5, 0.6) is 0 Å². The minimum absolute atomic E-state index is 0.00117. The van der Waals surface area contributed by atoms with Crippen molar-refractivity contribution in [3.63, 3.8) is 0 Å². The lowest BCUT2D eigenvalue weighted by Crippen LogP contribution is -2.49. The Morgan fingerprint density at radius 3 is 2.10 bits per heavy atom. The SMILES string of the molecule is Cc1cc(C)cc(C(=O)N2CCN(CCC(=O)Nc3ccc(S(N)(=O)=O)cc3)CC2)c1. The van der Waals surface area contributed by atoms with Gasteiger partial charge in [0.05, 0.1) is 4.90 Å². The number of hydrogen-bond donors (Lipinski definition) is 2. The topological polar surface area (TPSA) is 113 Å². The number of aryl methyl sites for hydroxylation is 2. The maximum Gasteiger partial charge on any atom is 0.253 e. The molecule has 3 N–H and O–H groups in total. The Labute approximate surface area is 183 Å². The predicted molar refractivity (Wildman–Crippen MR) is 119 cm³/mol. The Hall–Kier alpha value is -2.75.